The van der Waals surface area contributed by atoms with Crippen LogP contribution >= 0.6 is 0 Å². The lowest BCUT2D eigenvalue weighted by Crippen LogP contribution is -2.45. The minimum Gasteiger partial charge on any atom is -0.336 e. The molecule has 4 rings (SSSR count). The van der Waals surface area contributed by atoms with Gasteiger partial charge in [-0.15, -0.1) is 0 Å². The van der Waals surface area contributed by atoms with E-state index in [1.165, 1.54) is 0 Å². The smallest absolute Gasteiger partial charge is 0.274 e. The van der Waals surface area contributed by atoms with Gasteiger partial charge >= 0.3 is 0 Å². The van der Waals surface area contributed by atoms with Crippen LogP contribution < -0.4 is 4.90 Å². The van der Waals surface area contributed by atoms with E-state index in [0.29, 0.717) is 25.3 Å². The summed E-state index contributed by atoms with van der Waals surface area (Å²) in [6.45, 7) is 3.63. The van der Waals surface area contributed by atoms with Crippen molar-refractivity contribution in [2.24, 2.45) is 18.9 Å². The predicted molar refractivity (Wildman–Crippen MR) is 86.4 cm³/mol. The predicted octanol–water partition coefficient (Wildman–Crippen LogP) is 0.577. The van der Waals surface area contributed by atoms with Gasteiger partial charge in [0, 0.05) is 38.6 Å². The monoisotopic (exact) mass is 328 g/mol. The first-order valence-corrected chi connectivity index (χ1v) is 8.14. The van der Waals surface area contributed by atoms with Gasteiger partial charge in [-0.05, 0) is 25.3 Å². The Morgan fingerprint density at radius 2 is 2.21 bits per heavy atom. The Bertz CT molecular complexity index is 794. The first kappa shape index (κ1) is 14.9. The number of piperidine rings is 1. The second-order valence-electron chi connectivity index (χ2n) is 6.66. The van der Waals surface area contributed by atoms with Gasteiger partial charge in [0.05, 0.1) is 17.8 Å². The van der Waals surface area contributed by atoms with Gasteiger partial charge in [0.1, 0.15) is 5.69 Å². The molecule has 0 aliphatic carbocycles. The van der Waals surface area contributed by atoms with E-state index >= 15 is 0 Å². The van der Waals surface area contributed by atoms with Crippen molar-refractivity contribution < 1.29 is 9.59 Å². The molecule has 2 amide bonds. The van der Waals surface area contributed by atoms with Crippen molar-refractivity contribution in [3.8, 4) is 0 Å². The van der Waals surface area contributed by atoms with Crippen molar-refractivity contribution in [1.29, 1.82) is 0 Å². The number of aromatic amines is 1. The molecule has 2 aliphatic heterocycles. The number of carbonyl (C=O) groups excluding carboxylic acids is 2. The number of amides is 2. The maximum atomic E-state index is 12.9. The average molecular weight is 328 g/mol. The van der Waals surface area contributed by atoms with Crippen LogP contribution in [0.3, 0.4) is 0 Å². The van der Waals surface area contributed by atoms with E-state index < -0.39 is 0 Å². The number of nitrogens with one attached hydrogen (secondary N) is 1. The maximum Gasteiger partial charge on any atom is 0.274 e. The number of aromatic nitrogens is 4. The topological polar surface area (TPSA) is 87.1 Å². The number of aryl methyl sites for hydroxylation is 2. The Morgan fingerprint density at radius 3 is 2.88 bits per heavy atom. The quantitative estimate of drug-likeness (QED) is 0.873. The normalized spacial score (nSPS) is 23.7. The molecule has 126 valence electrons. The number of fused-ring (bicyclic) bond motifs is 1. The van der Waals surface area contributed by atoms with Gasteiger partial charge in [-0.2, -0.15) is 10.2 Å². The van der Waals surface area contributed by atoms with Gasteiger partial charge in [-0.1, -0.05) is 0 Å². The zero-order valence-corrected chi connectivity index (χ0v) is 13.8. The second-order valence-corrected chi connectivity index (χ2v) is 6.66. The molecule has 2 aliphatic rings. The number of H-pyrrole nitrogens is 1. The molecule has 2 atom stereocenters. The van der Waals surface area contributed by atoms with Crippen LogP contribution in [0.15, 0.2) is 18.5 Å². The first-order chi connectivity index (χ1) is 11.5. The summed E-state index contributed by atoms with van der Waals surface area (Å²) < 4.78 is 1.69. The molecule has 2 saturated heterocycles. The van der Waals surface area contributed by atoms with Crippen molar-refractivity contribution in [2.75, 3.05) is 24.5 Å². The summed E-state index contributed by atoms with van der Waals surface area (Å²) in [5.41, 5.74) is 2.10. The lowest BCUT2D eigenvalue weighted by Gasteiger charge is -2.32. The van der Waals surface area contributed by atoms with Gasteiger partial charge in [-0.25, -0.2) is 0 Å². The third kappa shape index (κ3) is 2.38. The minimum atomic E-state index is -0.136. The molecule has 2 fully saturated rings. The fourth-order valence-corrected chi connectivity index (χ4v) is 3.71. The third-order valence-electron chi connectivity index (χ3n) is 4.96. The summed E-state index contributed by atoms with van der Waals surface area (Å²) in [7, 11) is 1.84. The highest BCUT2D eigenvalue weighted by molar-refractivity contribution is 5.98. The maximum absolute atomic E-state index is 12.9. The standard InChI is InChI=1S/C16H20N6O2/c1-10-5-14(19-18-10)16(24)21-7-11-3-4-22(15(23)13(11)9-21)12-6-17-20(2)8-12/h5-6,8,11,13H,3-4,7,9H2,1-2H3,(H,18,19). The summed E-state index contributed by atoms with van der Waals surface area (Å²) in [6, 6.07) is 1.74. The molecule has 2 aromatic heterocycles. The first-order valence-electron chi connectivity index (χ1n) is 8.14. The van der Waals surface area contributed by atoms with Crippen molar-refractivity contribution in [2.45, 2.75) is 13.3 Å². The summed E-state index contributed by atoms with van der Waals surface area (Å²) in [4.78, 5) is 29.0. The molecular weight excluding hydrogens is 308 g/mol. The molecule has 0 bridgehead atoms. The van der Waals surface area contributed by atoms with Gasteiger partial charge < -0.3 is 9.80 Å². The molecule has 2 unspecified atom stereocenters. The Hall–Kier alpha value is -2.64. The summed E-state index contributed by atoms with van der Waals surface area (Å²) in [5, 5.41) is 11.0. The van der Waals surface area contributed by atoms with E-state index in [9.17, 15) is 9.59 Å². The summed E-state index contributed by atoms with van der Waals surface area (Å²) in [5.74, 6) is 0.0830. The zero-order valence-electron chi connectivity index (χ0n) is 13.8. The lowest BCUT2D eigenvalue weighted by atomic mass is 9.88. The number of anilines is 1. The number of likely N-dealkylation sites (tertiary alicyclic amines) is 1. The molecule has 8 heteroatoms. The molecule has 4 heterocycles. The van der Waals surface area contributed by atoms with Crippen LogP contribution in [-0.4, -0.2) is 56.3 Å². The van der Waals surface area contributed by atoms with E-state index in [4.69, 9.17) is 0 Å². The molecule has 0 saturated carbocycles. The molecule has 8 nitrogen and oxygen atoms in total. The highest BCUT2D eigenvalue weighted by Crippen LogP contribution is 2.34. The van der Waals surface area contributed by atoms with E-state index in [0.717, 1.165) is 17.8 Å². The van der Waals surface area contributed by atoms with E-state index in [-0.39, 0.29) is 23.7 Å². The van der Waals surface area contributed by atoms with Gasteiger partial charge in [0.25, 0.3) is 5.91 Å². The van der Waals surface area contributed by atoms with Crippen LogP contribution in [0.5, 0.6) is 0 Å². The van der Waals surface area contributed by atoms with Crippen LogP contribution in [0, 0.1) is 18.8 Å². The van der Waals surface area contributed by atoms with Crippen LogP contribution in [0.2, 0.25) is 0 Å². The van der Waals surface area contributed by atoms with Gasteiger partial charge in [0.2, 0.25) is 5.91 Å². The molecule has 0 radical (unpaired) electrons. The van der Waals surface area contributed by atoms with Gasteiger partial charge in [-0.3, -0.25) is 19.4 Å². The fourth-order valence-electron chi connectivity index (χ4n) is 3.71. The Morgan fingerprint density at radius 1 is 1.38 bits per heavy atom. The van der Waals surface area contributed by atoms with Crippen LogP contribution in [-0.2, 0) is 11.8 Å². The molecule has 1 N–H and O–H groups in total. The third-order valence-corrected chi connectivity index (χ3v) is 4.96. The van der Waals surface area contributed by atoms with Gasteiger partial charge in [0.15, 0.2) is 0 Å². The van der Waals surface area contributed by atoms with E-state index in [1.807, 2.05) is 20.2 Å². The highest BCUT2D eigenvalue weighted by Gasteiger charge is 2.45. The van der Waals surface area contributed by atoms with E-state index in [1.54, 1.807) is 26.7 Å². The van der Waals surface area contributed by atoms with Crippen molar-refractivity contribution >= 4 is 17.5 Å². The van der Waals surface area contributed by atoms with Crippen molar-refractivity contribution in [3.63, 3.8) is 0 Å². The number of carbonyl (C=O) groups is 2. The molecule has 0 spiro atoms. The van der Waals surface area contributed by atoms with Crippen molar-refractivity contribution in [3.05, 3.63) is 29.8 Å². The second kappa shape index (κ2) is 5.47. The minimum absolute atomic E-state index is 0.0905. The Kier molecular flexibility index (Phi) is 3.40. The SMILES string of the molecule is Cc1cc(C(=O)N2CC3CCN(c4cnn(C)c4)C(=O)C3C2)n[nH]1. The lowest BCUT2D eigenvalue weighted by molar-refractivity contribution is -0.124. The molecular formula is C16H20N6O2. The van der Waals surface area contributed by atoms with Crippen molar-refractivity contribution in [1.82, 2.24) is 24.9 Å². The summed E-state index contributed by atoms with van der Waals surface area (Å²) in [6.07, 6.45) is 4.46. The highest BCUT2D eigenvalue weighted by atomic mass is 16.2. The Balaban J connectivity index is 1.51. The fraction of sp³-hybridized carbons (Fsp3) is 0.500. The molecule has 2 aromatic rings. The number of hydrogen-bond acceptors (Lipinski definition) is 4. The number of hydrogen-bond donors (Lipinski definition) is 1. The van der Waals surface area contributed by atoms with E-state index in [2.05, 4.69) is 15.3 Å². The zero-order chi connectivity index (χ0) is 16.8. The Labute approximate surface area is 139 Å². The molecule has 0 aromatic carbocycles. The van der Waals surface area contributed by atoms with Crippen LogP contribution in [0.25, 0.3) is 0 Å². The summed E-state index contributed by atoms with van der Waals surface area (Å²) >= 11 is 0. The van der Waals surface area contributed by atoms with Crippen LogP contribution in [0.1, 0.15) is 22.6 Å². The average Bonchev–Trinajstić information content (AvgIpc) is 3.26. The largest absolute Gasteiger partial charge is 0.336 e. The molecule has 24 heavy (non-hydrogen) atoms. The number of nitrogens with zero attached hydrogens (tertiary/aromatic N) is 5. The van der Waals surface area contributed by atoms with Crippen LogP contribution in [0.4, 0.5) is 5.69 Å². The number of rotatable bonds is 2.